The lowest BCUT2D eigenvalue weighted by Gasteiger charge is -2.36. The molecule has 0 amide bonds. The molecule has 2 aliphatic rings. The van der Waals surface area contributed by atoms with Crippen LogP contribution in [0.5, 0.6) is 0 Å². The molecule has 1 unspecified atom stereocenters. The van der Waals surface area contributed by atoms with Crippen molar-refractivity contribution in [2.75, 3.05) is 4.90 Å². The van der Waals surface area contributed by atoms with Gasteiger partial charge in [-0.1, -0.05) is 170 Å². The third-order valence-corrected chi connectivity index (χ3v) is 15.0. The van der Waals surface area contributed by atoms with Crippen LogP contribution in [0.3, 0.4) is 0 Å². The Labute approximate surface area is 374 Å². The van der Waals surface area contributed by atoms with E-state index in [4.69, 9.17) is 4.42 Å². The molecule has 0 aliphatic heterocycles. The van der Waals surface area contributed by atoms with Crippen molar-refractivity contribution in [3.63, 3.8) is 0 Å². The molecule has 2 nitrogen and oxygen atoms in total. The molecule has 1 atom stereocenters. The van der Waals surface area contributed by atoms with E-state index in [1.54, 1.807) is 0 Å². The minimum absolute atomic E-state index is 0.651. The smallest absolute Gasteiger partial charge is 0.137 e. The SMILES string of the molecule is c1ccc(-c2ccc(N(c3ccc4c(c3)C3(c5ccccc5-c5ccccc5-4)c4ccccc4-c4c3ccc3sc5ccccc5c43)c3cccc4oc5ccccc5c34)cc2)cc1. The number of hydrogen-bond acceptors (Lipinski definition) is 3. The number of furan rings is 1. The molecule has 64 heavy (non-hydrogen) atoms. The second kappa shape index (κ2) is 13.5. The van der Waals surface area contributed by atoms with Gasteiger partial charge in [0.1, 0.15) is 11.2 Å². The molecule has 3 heteroatoms. The van der Waals surface area contributed by atoms with Crippen molar-refractivity contribution in [3.8, 4) is 44.5 Å². The first-order valence-electron chi connectivity index (χ1n) is 22.0. The predicted molar refractivity (Wildman–Crippen MR) is 268 cm³/mol. The fourth-order valence-corrected chi connectivity index (χ4v) is 12.4. The van der Waals surface area contributed by atoms with Crippen LogP contribution in [0, 0.1) is 0 Å². The lowest BCUT2D eigenvalue weighted by atomic mass is 9.65. The van der Waals surface area contributed by atoms with Gasteiger partial charge in [0.05, 0.1) is 16.5 Å². The number of benzene rings is 10. The highest BCUT2D eigenvalue weighted by Crippen LogP contribution is 2.64. The Kier molecular flexibility index (Phi) is 7.51. The number of hydrogen-bond donors (Lipinski definition) is 0. The number of thiophene rings is 1. The summed E-state index contributed by atoms with van der Waals surface area (Å²) in [5.41, 5.74) is 19.5. The molecule has 10 aromatic carbocycles. The third-order valence-electron chi connectivity index (χ3n) is 13.9. The van der Waals surface area contributed by atoms with Crippen LogP contribution in [0.15, 0.2) is 229 Å². The number of rotatable bonds is 4. The number of anilines is 3. The zero-order valence-electron chi connectivity index (χ0n) is 34.6. The standard InChI is InChI=1S/C61H37NOS/c1-2-15-38(16-3-1)39-29-31-40(32-30-39)62(53-25-14-27-55-59(53)47-21-8-12-26-54(47)63-55)41-33-34-45-43-18-5-4-17-42(43)44-19-6-10-23-49(44)61(52(45)37-41)50-24-11-7-20-46(50)58-51(61)35-36-57-60(58)48-22-9-13-28-56(48)64-57/h1-37H. The van der Waals surface area contributed by atoms with Crippen LogP contribution in [-0.2, 0) is 5.41 Å². The van der Waals surface area contributed by atoms with Gasteiger partial charge >= 0.3 is 0 Å². The first kappa shape index (κ1) is 35.6. The van der Waals surface area contributed by atoms with E-state index in [9.17, 15) is 0 Å². The topological polar surface area (TPSA) is 16.4 Å². The number of nitrogens with zero attached hydrogens (tertiary/aromatic N) is 1. The Morgan fingerprint density at radius 1 is 0.359 bits per heavy atom. The second-order valence-electron chi connectivity index (χ2n) is 17.1. The summed E-state index contributed by atoms with van der Waals surface area (Å²) >= 11 is 1.89. The van der Waals surface area contributed by atoms with Gasteiger partial charge in [-0.25, -0.2) is 0 Å². The molecule has 0 fully saturated rings. The number of fused-ring (bicyclic) bond motifs is 19. The van der Waals surface area contributed by atoms with Crippen molar-refractivity contribution >= 4 is 70.5 Å². The third kappa shape index (κ3) is 4.85. The minimum Gasteiger partial charge on any atom is -0.456 e. The average Bonchev–Trinajstić information content (AvgIpc) is 4.01. The Bertz CT molecular complexity index is 3860. The molecule has 12 aromatic rings. The van der Waals surface area contributed by atoms with E-state index < -0.39 is 5.41 Å². The van der Waals surface area contributed by atoms with Gasteiger partial charge in [-0.05, 0) is 121 Å². The minimum atomic E-state index is -0.651. The van der Waals surface area contributed by atoms with E-state index >= 15 is 0 Å². The van der Waals surface area contributed by atoms with E-state index in [-0.39, 0.29) is 0 Å². The van der Waals surface area contributed by atoms with Crippen molar-refractivity contribution in [2.45, 2.75) is 5.41 Å². The highest BCUT2D eigenvalue weighted by molar-refractivity contribution is 7.26. The van der Waals surface area contributed by atoms with Crippen LogP contribution in [0.2, 0.25) is 0 Å². The highest BCUT2D eigenvalue weighted by Gasteiger charge is 2.50. The highest BCUT2D eigenvalue weighted by atomic mass is 32.1. The van der Waals surface area contributed by atoms with Gasteiger partial charge in [0.25, 0.3) is 0 Å². The molecule has 0 radical (unpaired) electrons. The molecule has 2 heterocycles. The molecular formula is C61H37NOS. The molecule has 0 saturated carbocycles. The molecule has 14 rings (SSSR count). The fourth-order valence-electron chi connectivity index (χ4n) is 11.3. The molecule has 298 valence electrons. The Hall–Kier alpha value is -7.98. The Balaban J connectivity index is 1.12. The lowest BCUT2D eigenvalue weighted by Crippen LogP contribution is -2.29. The van der Waals surface area contributed by atoms with E-state index in [2.05, 4.69) is 229 Å². The van der Waals surface area contributed by atoms with Crippen molar-refractivity contribution in [3.05, 3.63) is 247 Å². The van der Waals surface area contributed by atoms with Crippen LogP contribution < -0.4 is 4.90 Å². The van der Waals surface area contributed by atoms with Gasteiger partial charge in [-0.15, -0.1) is 11.3 Å². The Morgan fingerprint density at radius 3 is 1.78 bits per heavy atom. The molecular weight excluding hydrogens is 795 g/mol. The van der Waals surface area contributed by atoms with E-state index in [1.165, 1.54) is 86.9 Å². The average molecular weight is 832 g/mol. The summed E-state index contributed by atoms with van der Waals surface area (Å²) in [7, 11) is 0. The molecule has 2 aromatic heterocycles. The maximum absolute atomic E-state index is 6.56. The van der Waals surface area contributed by atoms with Crippen LogP contribution in [0.1, 0.15) is 22.3 Å². The summed E-state index contributed by atoms with van der Waals surface area (Å²) in [5, 5.41) is 4.85. The van der Waals surface area contributed by atoms with Gasteiger partial charge in [0.2, 0.25) is 0 Å². The first-order chi connectivity index (χ1) is 31.8. The second-order valence-corrected chi connectivity index (χ2v) is 18.2. The van der Waals surface area contributed by atoms with Gasteiger partial charge in [-0.3, -0.25) is 0 Å². The monoisotopic (exact) mass is 831 g/mol. The Morgan fingerprint density at radius 2 is 0.969 bits per heavy atom. The van der Waals surface area contributed by atoms with Gasteiger partial charge in [0, 0.05) is 36.9 Å². The summed E-state index contributed by atoms with van der Waals surface area (Å²) < 4.78 is 9.20. The summed E-state index contributed by atoms with van der Waals surface area (Å²) in [6.07, 6.45) is 0. The normalized spacial score (nSPS) is 14.6. The quantitative estimate of drug-likeness (QED) is 0.176. The largest absolute Gasteiger partial charge is 0.456 e. The predicted octanol–water partition coefficient (Wildman–Crippen LogP) is 17.1. The summed E-state index contributed by atoms with van der Waals surface area (Å²) in [6.45, 7) is 0. The van der Waals surface area contributed by atoms with Crippen molar-refractivity contribution in [1.82, 2.24) is 0 Å². The lowest BCUT2D eigenvalue weighted by molar-refractivity contribution is 0.669. The van der Waals surface area contributed by atoms with Crippen molar-refractivity contribution in [1.29, 1.82) is 0 Å². The van der Waals surface area contributed by atoms with E-state index in [0.717, 1.165) is 39.0 Å². The van der Waals surface area contributed by atoms with Gasteiger partial charge < -0.3 is 9.32 Å². The summed E-state index contributed by atoms with van der Waals surface area (Å²) in [5.74, 6) is 0. The zero-order chi connectivity index (χ0) is 41.9. The summed E-state index contributed by atoms with van der Waals surface area (Å²) in [6, 6.07) is 83.0. The van der Waals surface area contributed by atoms with Gasteiger partial charge in [-0.2, -0.15) is 0 Å². The zero-order valence-corrected chi connectivity index (χ0v) is 35.4. The van der Waals surface area contributed by atoms with E-state index in [0.29, 0.717) is 0 Å². The van der Waals surface area contributed by atoms with Crippen LogP contribution >= 0.6 is 11.3 Å². The maximum atomic E-state index is 6.56. The maximum Gasteiger partial charge on any atom is 0.137 e. The fraction of sp³-hybridized carbons (Fsp3) is 0.0164. The molecule has 1 spiro atoms. The molecule has 0 N–H and O–H groups in total. The van der Waals surface area contributed by atoms with Crippen molar-refractivity contribution in [2.24, 2.45) is 0 Å². The molecule has 0 bridgehead atoms. The summed E-state index contributed by atoms with van der Waals surface area (Å²) in [4.78, 5) is 2.45. The molecule has 2 aliphatic carbocycles. The molecule has 0 saturated heterocycles. The van der Waals surface area contributed by atoms with Gasteiger partial charge in [0.15, 0.2) is 0 Å². The van der Waals surface area contributed by atoms with Crippen LogP contribution in [0.25, 0.3) is 86.6 Å². The van der Waals surface area contributed by atoms with Crippen LogP contribution in [0.4, 0.5) is 17.1 Å². The number of para-hydroxylation sites is 1. The van der Waals surface area contributed by atoms with E-state index in [1.807, 2.05) is 11.3 Å². The first-order valence-corrected chi connectivity index (χ1v) is 22.8. The van der Waals surface area contributed by atoms with Crippen molar-refractivity contribution < 1.29 is 4.42 Å². The van der Waals surface area contributed by atoms with Crippen LogP contribution in [-0.4, -0.2) is 0 Å².